The minimum Gasteiger partial charge on any atom is -0.383 e. The zero-order chi connectivity index (χ0) is 24.6. The van der Waals surface area contributed by atoms with Crippen LogP contribution in [0.25, 0.3) is 0 Å². The van der Waals surface area contributed by atoms with Crippen molar-refractivity contribution in [2.75, 3.05) is 17.7 Å². The number of unbranched alkanes of at least 4 members (excludes halogenated alkanes) is 1. The Morgan fingerprint density at radius 1 is 1.24 bits per heavy atom. The number of imide groups is 1. The fraction of sp³-hybridized carbons (Fsp3) is 0.350. The van der Waals surface area contributed by atoms with Gasteiger partial charge in [0, 0.05) is 19.7 Å². The van der Waals surface area contributed by atoms with Crippen LogP contribution >= 0.6 is 0 Å². The number of benzene rings is 1. The van der Waals surface area contributed by atoms with E-state index in [1.165, 1.54) is 26.1 Å². The van der Waals surface area contributed by atoms with E-state index in [9.17, 15) is 34.1 Å². The molecule has 13 heteroatoms. The Labute approximate surface area is 186 Å². The molecule has 0 saturated heterocycles. The van der Waals surface area contributed by atoms with E-state index in [-0.39, 0.29) is 23.6 Å². The van der Waals surface area contributed by atoms with Crippen LogP contribution in [-0.4, -0.2) is 50.2 Å². The molecule has 0 spiro atoms. The number of hydrogen-bond donors (Lipinski definition) is 2. The third-order valence-corrected chi connectivity index (χ3v) is 5.48. The number of rotatable bonds is 7. The Hall–Kier alpha value is -4.29. The molecule has 0 bridgehead atoms. The molecule has 2 heterocycles. The summed E-state index contributed by atoms with van der Waals surface area (Å²) >= 11 is 0. The molecule has 1 atom stereocenters. The second-order valence-corrected chi connectivity index (χ2v) is 7.51. The summed E-state index contributed by atoms with van der Waals surface area (Å²) in [6.45, 7) is 3.37. The van der Waals surface area contributed by atoms with Gasteiger partial charge in [0.25, 0.3) is 23.1 Å². The normalized spacial score (nSPS) is 13.7. The molecule has 2 aromatic rings. The number of hydrogen-bond acceptors (Lipinski definition) is 8. The van der Waals surface area contributed by atoms with E-state index in [1.807, 2.05) is 6.92 Å². The van der Waals surface area contributed by atoms with Crippen molar-refractivity contribution in [1.29, 1.82) is 0 Å². The number of amides is 3. The van der Waals surface area contributed by atoms with Gasteiger partial charge in [-0.1, -0.05) is 19.4 Å². The van der Waals surface area contributed by atoms with E-state index in [0.29, 0.717) is 11.3 Å². The molecule has 1 aliphatic heterocycles. The maximum absolute atomic E-state index is 13.2. The van der Waals surface area contributed by atoms with Gasteiger partial charge in [0.05, 0.1) is 10.5 Å². The number of H-pyrrole nitrogens is 1. The van der Waals surface area contributed by atoms with Gasteiger partial charge in [-0.25, -0.2) is 4.79 Å². The summed E-state index contributed by atoms with van der Waals surface area (Å²) in [6, 6.07) is 2.20. The number of aromatic nitrogens is 2. The molecular weight excluding hydrogens is 436 g/mol. The number of nitro benzene ring substituents is 1. The lowest BCUT2D eigenvalue weighted by molar-refractivity contribution is -0.385. The molecule has 13 nitrogen and oxygen atoms in total. The minimum absolute atomic E-state index is 0.193. The summed E-state index contributed by atoms with van der Waals surface area (Å²) in [5, 5.41) is 11.3. The third kappa shape index (κ3) is 3.77. The molecule has 174 valence electrons. The minimum atomic E-state index is -1.42. The highest BCUT2D eigenvalue weighted by atomic mass is 16.6. The number of anilines is 2. The Morgan fingerprint density at radius 2 is 1.91 bits per heavy atom. The fourth-order valence-corrected chi connectivity index (χ4v) is 3.73. The number of nitrogens with two attached hydrogens (primary N) is 1. The van der Waals surface area contributed by atoms with Crippen LogP contribution < -0.4 is 21.9 Å². The van der Waals surface area contributed by atoms with E-state index >= 15 is 0 Å². The molecule has 33 heavy (non-hydrogen) atoms. The lowest BCUT2D eigenvalue weighted by atomic mass is 10.1. The van der Waals surface area contributed by atoms with Gasteiger partial charge < -0.3 is 10.6 Å². The zero-order valence-corrected chi connectivity index (χ0v) is 18.2. The summed E-state index contributed by atoms with van der Waals surface area (Å²) in [5.41, 5.74) is 2.92. The van der Waals surface area contributed by atoms with E-state index in [4.69, 9.17) is 5.73 Å². The lowest BCUT2D eigenvalue weighted by Crippen LogP contribution is -2.50. The van der Waals surface area contributed by atoms with Crippen molar-refractivity contribution in [1.82, 2.24) is 14.5 Å². The number of nitrogen functional groups attached to an aromatic ring is 1. The lowest BCUT2D eigenvalue weighted by Gasteiger charge is -2.27. The smallest absolute Gasteiger partial charge is 0.330 e. The molecule has 0 unspecified atom stereocenters. The maximum atomic E-state index is 13.2. The monoisotopic (exact) mass is 458 g/mol. The highest BCUT2D eigenvalue weighted by molar-refractivity contribution is 6.25. The number of aromatic amines is 1. The molecule has 0 saturated carbocycles. The topological polar surface area (TPSA) is 182 Å². The average Bonchev–Trinajstić information content (AvgIpc) is 3.02. The number of nitro groups is 1. The van der Waals surface area contributed by atoms with Crippen molar-refractivity contribution in [3.63, 3.8) is 0 Å². The van der Waals surface area contributed by atoms with Gasteiger partial charge in [-0.2, -0.15) is 0 Å². The van der Waals surface area contributed by atoms with Crippen LogP contribution in [0.2, 0.25) is 0 Å². The Morgan fingerprint density at radius 3 is 2.52 bits per heavy atom. The molecular formula is C20H22N6O7. The molecule has 1 aliphatic rings. The van der Waals surface area contributed by atoms with E-state index < -0.39 is 51.2 Å². The van der Waals surface area contributed by atoms with Crippen molar-refractivity contribution in [3.05, 3.63) is 60.3 Å². The van der Waals surface area contributed by atoms with Crippen molar-refractivity contribution >= 4 is 34.9 Å². The van der Waals surface area contributed by atoms with E-state index in [2.05, 4.69) is 4.98 Å². The Bertz CT molecular complexity index is 1290. The first-order valence-corrected chi connectivity index (χ1v) is 10.1. The van der Waals surface area contributed by atoms with Gasteiger partial charge in [-0.05, 0) is 19.4 Å². The highest BCUT2D eigenvalue weighted by Crippen LogP contribution is 2.32. The zero-order valence-electron chi connectivity index (χ0n) is 18.2. The van der Waals surface area contributed by atoms with Crippen molar-refractivity contribution in [2.24, 2.45) is 0 Å². The van der Waals surface area contributed by atoms with Gasteiger partial charge in [-0.15, -0.1) is 0 Å². The molecule has 0 radical (unpaired) electrons. The van der Waals surface area contributed by atoms with Gasteiger partial charge in [0.1, 0.15) is 17.4 Å². The molecule has 0 aliphatic carbocycles. The van der Waals surface area contributed by atoms with Gasteiger partial charge in [0.15, 0.2) is 5.69 Å². The maximum Gasteiger partial charge on any atom is 0.330 e. The third-order valence-electron chi connectivity index (χ3n) is 5.48. The largest absolute Gasteiger partial charge is 0.383 e. The first-order valence-electron chi connectivity index (χ1n) is 10.1. The predicted molar refractivity (Wildman–Crippen MR) is 117 cm³/mol. The van der Waals surface area contributed by atoms with Crippen molar-refractivity contribution in [3.8, 4) is 0 Å². The Kier molecular flexibility index (Phi) is 6.15. The van der Waals surface area contributed by atoms with Crippen molar-refractivity contribution < 1.29 is 19.3 Å². The van der Waals surface area contributed by atoms with Crippen LogP contribution in [0.5, 0.6) is 0 Å². The van der Waals surface area contributed by atoms with Gasteiger partial charge >= 0.3 is 5.69 Å². The second-order valence-electron chi connectivity index (χ2n) is 7.51. The van der Waals surface area contributed by atoms with Crippen LogP contribution in [0.15, 0.2) is 27.8 Å². The SMILES string of the molecule is CCCCn1c(N)c(N(C)C(=O)[C@H](C)N2C(=O)c3cccc([N+](=O)[O-])c3C2=O)c(=O)[nH]c1=O. The van der Waals surface area contributed by atoms with Crippen LogP contribution in [0.1, 0.15) is 47.4 Å². The number of nitrogens with zero attached hydrogens (tertiary/aromatic N) is 4. The predicted octanol–water partition coefficient (Wildman–Crippen LogP) is 0.475. The van der Waals surface area contributed by atoms with Crippen LogP contribution in [0.4, 0.5) is 17.2 Å². The second kappa shape index (κ2) is 8.68. The molecule has 1 aromatic carbocycles. The van der Waals surface area contributed by atoms with Crippen LogP contribution in [0, 0.1) is 10.1 Å². The fourth-order valence-electron chi connectivity index (χ4n) is 3.73. The molecule has 1 aromatic heterocycles. The number of likely N-dealkylation sites (N-methyl/N-ethyl adjacent to an activating group) is 1. The van der Waals surface area contributed by atoms with Crippen LogP contribution in [-0.2, 0) is 11.3 Å². The summed E-state index contributed by atoms with van der Waals surface area (Å²) in [4.78, 5) is 77.5. The number of fused-ring (bicyclic) bond motifs is 1. The molecule has 3 amide bonds. The quantitative estimate of drug-likeness (QED) is 0.341. The van der Waals surface area contributed by atoms with Crippen molar-refractivity contribution in [2.45, 2.75) is 39.3 Å². The van der Waals surface area contributed by atoms with E-state index in [0.717, 1.165) is 22.0 Å². The first-order chi connectivity index (χ1) is 15.5. The highest BCUT2D eigenvalue weighted by Gasteiger charge is 2.45. The summed E-state index contributed by atoms with van der Waals surface area (Å²) < 4.78 is 1.13. The number of nitrogens with one attached hydrogen (secondary N) is 1. The number of carbonyl (C=O) groups excluding carboxylic acids is 3. The molecule has 3 N–H and O–H groups in total. The molecule has 0 fully saturated rings. The van der Waals surface area contributed by atoms with E-state index in [1.54, 1.807) is 0 Å². The van der Waals surface area contributed by atoms with Gasteiger partial charge in [-0.3, -0.25) is 43.7 Å². The first kappa shape index (κ1) is 23.4. The summed E-state index contributed by atoms with van der Waals surface area (Å²) in [7, 11) is 1.22. The molecule has 3 rings (SSSR count). The Balaban J connectivity index is 1.99. The standard InChI is InChI=1S/C20H22N6O7/c1-4-5-9-24-15(21)14(16(27)22-20(24)31)23(3)17(28)10(2)25-18(29)11-7-6-8-12(26(32)33)13(11)19(25)30/h6-8,10H,4-5,9,21H2,1-3H3,(H,22,27,31)/t10-/m0/s1. The average molecular weight is 458 g/mol. The van der Waals surface area contributed by atoms with Crippen LogP contribution in [0.3, 0.4) is 0 Å². The number of carbonyl (C=O) groups is 3. The summed E-state index contributed by atoms with van der Waals surface area (Å²) in [5.74, 6) is -2.96. The van der Waals surface area contributed by atoms with Gasteiger partial charge in [0.2, 0.25) is 5.91 Å². The summed E-state index contributed by atoms with van der Waals surface area (Å²) in [6.07, 6.45) is 1.34.